The van der Waals surface area contributed by atoms with Gasteiger partial charge in [-0.1, -0.05) is 0 Å². The van der Waals surface area contributed by atoms with E-state index >= 15 is 0 Å². The number of carbonyl (C=O) groups excluding carboxylic acids is 1. The summed E-state index contributed by atoms with van der Waals surface area (Å²) < 4.78 is 44.3. The van der Waals surface area contributed by atoms with E-state index in [-0.39, 0.29) is 6.54 Å². The topological polar surface area (TPSA) is 73.2 Å². The van der Waals surface area contributed by atoms with E-state index in [1.807, 2.05) is 0 Å². The van der Waals surface area contributed by atoms with Crippen molar-refractivity contribution in [3.63, 3.8) is 0 Å². The summed E-state index contributed by atoms with van der Waals surface area (Å²) in [5.41, 5.74) is -1.75. The Labute approximate surface area is 173 Å². The van der Waals surface area contributed by atoms with Gasteiger partial charge >= 0.3 is 6.18 Å². The molecule has 0 bridgehead atoms. The van der Waals surface area contributed by atoms with Crippen molar-refractivity contribution in [2.75, 3.05) is 19.0 Å². The van der Waals surface area contributed by atoms with E-state index in [4.69, 9.17) is 4.74 Å². The van der Waals surface area contributed by atoms with E-state index in [1.54, 1.807) is 17.5 Å². The molecule has 0 spiro atoms. The Hall–Kier alpha value is -3.14. The molecule has 30 heavy (non-hydrogen) atoms. The maximum absolute atomic E-state index is 12.7. The number of nitrogens with zero attached hydrogens (tertiary/aromatic N) is 2. The quantitative estimate of drug-likeness (QED) is 0.565. The molecule has 0 aliphatic heterocycles. The van der Waals surface area contributed by atoms with Crippen LogP contribution in [0.5, 0.6) is 5.75 Å². The fraction of sp³-hybridized carbons (Fsp3) is 0.250. The Morgan fingerprint density at radius 2 is 1.90 bits per heavy atom. The molecule has 6 nitrogen and oxygen atoms in total. The van der Waals surface area contributed by atoms with Crippen LogP contribution in [0.4, 0.5) is 18.9 Å². The lowest BCUT2D eigenvalue weighted by molar-refractivity contribution is -0.137. The zero-order valence-electron chi connectivity index (χ0n) is 16.1. The molecule has 3 rings (SSSR count). The van der Waals surface area contributed by atoms with Gasteiger partial charge in [-0.25, -0.2) is 4.68 Å². The summed E-state index contributed by atoms with van der Waals surface area (Å²) in [6.45, 7) is 1.47. The van der Waals surface area contributed by atoms with Gasteiger partial charge in [0.2, 0.25) is 0 Å². The van der Waals surface area contributed by atoms with Crippen LogP contribution in [0.3, 0.4) is 0 Å². The average Bonchev–Trinajstić information content (AvgIpc) is 3.21. The first-order valence-corrected chi connectivity index (χ1v) is 9.65. The Balaban J connectivity index is 1.85. The highest BCUT2D eigenvalue weighted by molar-refractivity contribution is 7.13. The number of alkyl halides is 3. The van der Waals surface area contributed by atoms with E-state index in [9.17, 15) is 22.8 Å². The van der Waals surface area contributed by atoms with Gasteiger partial charge in [0.1, 0.15) is 23.3 Å². The lowest BCUT2D eigenvalue weighted by atomic mass is 10.0. The van der Waals surface area contributed by atoms with Gasteiger partial charge in [-0.3, -0.25) is 4.79 Å². The predicted octanol–water partition coefficient (Wildman–Crippen LogP) is 4.03. The minimum atomic E-state index is -4.43. The summed E-state index contributed by atoms with van der Waals surface area (Å²) in [5, 5.41) is 9.02. The van der Waals surface area contributed by atoms with Crippen molar-refractivity contribution in [3.05, 3.63) is 63.8 Å². The third-order valence-corrected chi connectivity index (χ3v) is 5.40. The van der Waals surface area contributed by atoms with Gasteiger partial charge in [0.15, 0.2) is 0 Å². The summed E-state index contributed by atoms with van der Waals surface area (Å²) in [6.07, 6.45) is -3.85. The molecule has 2 heterocycles. The largest absolute Gasteiger partial charge is 0.496 e. The van der Waals surface area contributed by atoms with Crippen LogP contribution in [0.25, 0.3) is 10.6 Å². The molecule has 1 unspecified atom stereocenters. The Bertz CT molecular complexity index is 1090. The standard InChI is InChI=1S/C20H18F3N3O3S/c1-19(12-27,11-24-14-5-3-13(4-6-14)20(21,22)23)26-18(28)8-7-16(25-26)17-9-15(29-2)10-30-17/h3-10,12,24H,11H2,1-2H3. The molecule has 0 saturated carbocycles. The number of ether oxygens (including phenoxy) is 1. The second-order valence-corrected chi connectivity index (χ2v) is 7.63. The minimum Gasteiger partial charge on any atom is -0.496 e. The number of methoxy groups -OCH3 is 1. The third-order valence-electron chi connectivity index (χ3n) is 4.46. The monoisotopic (exact) mass is 437 g/mol. The van der Waals surface area contributed by atoms with Gasteiger partial charge in [-0.15, -0.1) is 11.3 Å². The summed E-state index contributed by atoms with van der Waals surface area (Å²) in [4.78, 5) is 25.0. The number of rotatable bonds is 7. The van der Waals surface area contributed by atoms with Crippen LogP contribution in [0, 0.1) is 0 Å². The Kier molecular flexibility index (Phi) is 5.97. The number of carbonyl (C=O) groups is 1. The van der Waals surface area contributed by atoms with Gasteiger partial charge in [0, 0.05) is 29.7 Å². The molecular weight excluding hydrogens is 419 g/mol. The number of hydrogen-bond donors (Lipinski definition) is 1. The fourth-order valence-electron chi connectivity index (χ4n) is 2.69. The fourth-order valence-corrected chi connectivity index (χ4v) is 3.51. The summed E-state index contributed by atoms with van der Waals surface area (Å²) in [7, 11) is 1.54. The number of aromatic nitrogens is 2. The van der Waals surface area contributed by atoms with Crippen molar-refractivity contribution in [2.24, 2.45) is 0 Å². The van der Waals surface area contributed by atoms with E-state index in [0.717, 1.165) is 21.7 Å². The first kappa shape index (κ1) is 21.6. The van der Waals surface area contributed by atoms with Crippen LogP contribution in [0.2, 0.25) is 0 Å². The highest BCUT2D eigenvalue weighted by Gasteiger charge is 2.31. The molecule has 1 N–H and O–H groups in total. The SMILES string of the molecule is COc1csc(-c2ccc(=O)n(C(C)(C=O)CNc3ccc(C(F)(F)F)cc3)n2)c1. The normalized spacial score (nSPS) is 13.5. The zero-order chi connectivity index (χ0) is 21.9. The van der Waals surface area contributed by atoms with E-state index in [0.29, 0.717) is 23.4 Å². The van der Waals surface area contributed by atoms with Crippen LogP contribution in [0.15, 0.2) is 52.6 Å². The number of benzene rings is 1. The highest BCUT2D eigenvalue weighted by atomic mass is 32.1. The van der Waals surface area contributed by atoms with Crippen molar-refractivity contribution in [1.29, 1.82) is 0 Å². The van der Waals surface area contributed by atoms with Crippen LogP contribution >= 0.6 is 11.3 Å². The van der Waals surface area contributed by atoms with Crippen molar-refractivity contribution in [2.45, 2.75) is 18.6 Å². The molecule has 0 fully saturated rings. The highest BCUT2D eigenvalue weighted by Crippen LogP contribution is 2.31. The van der Waals surface area contributed by atoms with E-state index in [1.165, 1.54) is 43.6 Å². The van der Waals surface area contributed by atoms with Crippen LogP contribution < -0.4 is 15.6 Å². The molecule has 1 atom stereocenters. The van der Waals surface area contributed by atoms with Crippen molar-refractivity contribution >= 4 is 23.3 Å². The first-order valence-electron chi connectivity index (χ1n) is 8.77. The number of thiophene rings is 1. The number of hydrogen-bond acceptors (Lipinski definition) is 6. The molecule has 10 heteroatoms. The summed E-state index contributed by atoms with van der Waals surface area (Å²) >= 11 is 1.37. The molecule has 0 aliphatic rings. The van der Waals surface area contributed by atoms with Gasteiger partial charge in [-0.2, -0.15) is 18.3 Å². The number of anilines is 1. The molecule has 1 aromatic carbocycles. The van der Waals surface area contributed by atoms with Crippen molar-refractivity contribution in [1.82, 2.24) is 9.78 Å². The second kappa shape index (κ2) is 8.31. The van der Waals surface area contributed by atoms with E-state index < -0.39 is 22.8 Å². The maximum atomic E-state index is 12.7. The molecule has 0 aliphatic carbocycles. The van der Waals surface area contributed by atoms with Gasteiger partial charge in [-0.05, 0) is 37.3 Å². The van der Waals surface area contributed by atoms with Gasteiger partial charge in [0.25, 0.3) is 5.56 Å². The number of nitrogens with one attached hydrogen (secondary N) is 1. The number of aldehydes is 1. The molecule has 158 valence electrons. The minimum absolute atomic E-state index is 0.0496. The molecule has 3 aromatic rings. The molecule has 0 radical (unpaired) electrons. The summed E-state index contributed by atoms with van der Waals surface area (Å²) in [5.74, 6) is 0.650. The summed E-state index contributed by atoms with van der Waals surface area (Å²) in [6, 6.07) is 9.04. The number of halogens is 3. The van der Waals surface area contributed by atoms with E-state index in [2.05, 4.69) is 10.4 Å². The Morgan fingerprint density at radius 1 is 1.20 bits per heavy atom. The lowest BCUT2D eigenvalue weighted by Gasteiger charge is -2.25. The molecule has 0 amide bonds. The van der Waals surface area contributed by atoms with Crippen LogP contribution in [-0.2, 0) is 16.5 Å². The van der Waals surface area contributed by atoms with Crippen molar-refractivity contribution < 1.29 is 22.7 Å². The molecule has 0 saturated heterocycles. The molecular formula is C20H18F3N3O3S. The van der Waals surface area contributed by atoms with Gasteiger partial charge in [0.05, 0.1) is 17.6 Å². The van der Waals surface area contributed by atoms with Gasteiger partial charge < -0.3 is 14.8 Å². The smallest absolute Gasteiger partial charge is 0.416 e. The first-order chi connectivity index (χ1) is 14.2. The molecule has 2 aromatic heterocycles. The third kappa shape index (κ3) is 4.54. The average molecular weight is 437 g/mol. The predicted molar refractivity (Wildman–Crippen MR) is 108 cm³/mol. The van der Waals surface area contributed by atoms with Crippen LogP contribution in [0.1, 0.15) is 12.5 Å². The zero-order valence-corrected chi connectivity index (χ0v) is 16.9. The second-order valence-electron chi connectivity index (χ2n) is 6.72. The van der Waals surface area contributed by atoms with Crippen molar-refractivity contribution in [3.8, 4) is 16.3 Å². The Morgan fingerprint density at radius 3 is 2.47 bits per heavy atom. The van der Waals surface area contributed by atoms with Crippen LogP contribution in [-0.4, -0.2) is 29.7 Å². The maximum Gasteiger partial charge on any atom is 0.416 e. The lowest BCUT2D eigenvalue weighted by Crippen LogP contribution is -2.46.